The van der Waals surface area contributed by atoms with Crippen molar-refractivity contribution in [2.24, 2.45) is 20.7 Å². The molecule has 0 saturated heterocycles. The van der Waals surface area contributed by atoms with Crippen LogP contribution < -0.4 is 5.73 Å². The lowest BCUT2D eigenvalue weighted by Gasteiger charge is -2.11. The highest BCUT2D eigenvalue weighted by Gasteiger charge is 2.02. The van der Waals surface area contributed by atoms with Gasteiger partial charge >= 0.3 is 6.03 Å². The van der Waals surface area contributed by atoms with Crippen LogP contribution in [-0.4, -0.2) is 36.1 Å². The zero-order valence-electron chi connectivity index (χ0n) is 8.02. The molecule has 0 unspecified atom stereocenters. The van der Waals surface area contributed by atoms with Crippen LogP contribution in [0.25, 0.3) is 0 Å². The molecule has 6 nitrogen and oxygen atoms in total. The molecule has 2 N–H and O–H groups in total. The molecule has 0 saturated carbocycles. The van der Waals surface area contributed by atoms with E-state index in [2.05, 4.69) is 15.0 Å². The molecule has 6 heteroatoms. The topological polar surface area (TPSA) is 83.4 Å². The van der Waals surface area contributed by atoms with Crippen molar-refractivity contribution in [2.45, 2.75) is 0 Å². The van der Waals surface area contributed by atoms with Crippen LogP contribution in [0.1, 0.15) is 0 Å². The molecule has 0 radical (unpaired) electrons. The number of nitrogens with zero attached hydrogens (tertiary/aromatic N) is 4. The van der Waals surface area contributed by atoms with Crippen LogP contribution >= 0.6 is 0 Å². The van der Waals surface area contributed by atoms with Gasteiger partial charge in [0.25, 0.3) is 0 Å². The zero-order chi connectivity index (χ0) is 10.9. The van der Waals surface area contributed by atoms with Crippen LogP contribution in [0.2, 0.25) is 0 Å². The van der Waals surface area contributed by atoms with Crippen LogP contribution in [0.4, 0.5) is 4.79 Å². The first kappa shape index (κ1) is 10.8. The summed E-state index contributed by atoms with van der Waals surface area (Å²) in [6.45, 7) is 0.301. The van der Waals surface area contributed by atoms with Crippen LogP contribution in [0.15, 0.2) is 39.8 Å². The summed E-state index contributed by atoms with van der Waals surface area (Å²) in [7, 11) is 0. The van der Waals surface area contributed by atoms with E-state index in [4.69, 9.17) is 5.73 Å². The predicted octanol–water partition coefficient (Wildman–Crippen LogP) is 0.536. The molecule has 0 aromatic carbocycles. The molecule has 15 heavy (non-hydrogen) atoms. The summed E-state index contributed by atoms with van der Waals surface area (Å²) < 4.78 is 0. The molecule has 1 aliphatic heterocycles. The molecule has 0 fully saturated rings. The minimum atomic E-state index is -0.553. The largest absolute Gasteiger partial charge is 0.351 e. The maximum absolute atomic E-state index is 10.9. The monoisotopic (exact) mass is 205 g/mol. The van der Waals surface area contributed by atoms with Crippen LogP contribution in [0.5, 0.6) is 0 Å². The van der Waals surface area contributed by atoms with Gasteiger partial charge in [-0.2, -0.15) is 0 Å². The second-order valence-corrected chi connectivity index (χ2v) is 2.51. The number of nitrogens with two attached hydrogens (primary N) is 1. The van der Waals surface area contributed by atoms with Gasteiger partial charge in [0, 0.05) is 43.4 Å². The normalized spacial score (nSPS) is 16.1. The van der Waals surface area contributed by atoms with Gasteiger partial charge in [0.1, 0.15) is 0 Å². The third-order valence-corrected chi connectivity index (χ3v) is 1.48. The molecule has 78 valence electrons. The van der Waals surface area contributed by atoms with Crippen molar-refractivity contribution in [1.82, 2.24) is 4.90 Å². The van der Waals surface area contributed by atoms with Gasteiger partial charge in [0.2, 0.25) is 0 Å². The lowest BCUT2D eigenvalue weighted by Crippen LogP contribution is -2.32. The van der Waals surface area contributed by atoms with E-state index in [9.17, 15) is 4.79 Å². The second-order valence-electron chi connectivity index (χ2n) is 2.51. The summed E-state index contributed by atoms with van der Waals surface area (Å²) in [5.41, 5.74) is 5.13. The number of carbonyl (C=O) groups is 1. The van der Waals surface area contributed by atoms with Gasteiger partial charge in [-0.15, -0.1) is 0 Å². The van der Waals surface area contributed by atoms with Crippen molar-refractivity contribution in [2.75, 3.05) is 6.54 Å². The number of hydrogen-bond donors (Lipinski definition) is 1. The Balaban J connectivity index is 2.77. The van der Waals surface area contributed by atoms with Gasteiger partial charge in [-0.3, -0.25) is 19.9 Å². The highest BCUT2D eigenvalue weighted by Crippen LogP contribution is 1.89. The van der Waals surface area contributed by atoms with Crippen LogP contribution in [-0.2, 0) is 0 Å². The van der Waals surface area contributed by atoms with Crippen molar-refractivity contribution in [3.8, 4) is 0 Å². The Bertz CT molecular complexity index is 354. The molecule has 1 aliphatic rings. The molecule has 2 amide bonds. The molecular formula is C9H11N5O. The molecule has 0 atom stereocenters. The lowest BCUT2D eigenvalue weighted by molar-refractivity contribution is 0.229. The number of urea groups is 1. The number of hydrogen-bond acceptors (Lipinski definition) is 4. The molecule has 0 aromatic heterocycles. The van der Waals surface area contributed by atoms with Crippen molar-refractivity contribution in [3.05, 3.63) is 24.8 Å². The number of rotatable bonds is 0. The van der Waals surface area contributed by atoms with Crippen molar-refractivity contribution >= 4 is 24.7 Å². The fraction of sp³-hybridized carbons (Fsp3) is 0.111. The molecule has 0 aliphatic carbocycles. The van der Waals surface area contributed by atoms with Crippen molar-refractivity contribution in [1.29, 1.82) is 0 Å². The first-order chi connectivity index (χ1) is 7.30. The van der Waals surface area contributed by atoms with Gasteiger partial charge in [-0.1, -0.05) is 0 Å². The Labute approximate surface area is 87.2 Å². The Morgan fingerprint density at radius 2 is 1.80 bits per heavy atom. The standard InChI is InChI=1S/C9H11N5O/c10-9(15)14-7-5-12-3-1-11-2-4-13-6-8-14/h1-7H,8H2,(H2,10,15). The zero-order valence-corrected chi connectivity index (χ0v) is 8.02. The van der Waals surface area contributed by atoms with Gasteiger partial charge in [0.15, 0.2) is 0 Å². The fourth-order valence-electron chi connectivity index (χ4n) is 0.793. The molecule has 0 spiro atoms. The highest BCUT2D eigenvalue weighted by atomic mass is 16.2. The quantitative estimate of drug-likeness (QED) is 0.614. The summed E-state index contributed by atoms with van der Waals surface area (Å²) in [5.74, 6) is 0. The molecule has 0 aromatic rings. The summed E-state index contributed by atoms with van der Waals surface area (Å²) in [5, 5.41) is 0. The first-order valence-electron chi connectivity index (χ1n) is 4.25. The van der Waals surface area contributed by atoms with E-state index in [1.807, 2.05) is 0 Å². The third kappa shape index (κ3) is 4.51. The van der Waals surface area contributed by atoms with Crippen LogP contribution in [0, 0.1) is 0 Å². The first-order valence-corrected chi connectivity index (χ1v) is 4.25. The lowest BCUT2D eigenvalue weighted by atomic mass is 10.6. The number of carbonyl (C=O) groups excluding carboxylic acids is 1. The molecule has 1 rings (SSSR count). The van der Waals surface area contributed by atoms with E-state index in [-0.39, 0.29) is 0 Å². The minimum absolute atomic E-state index is 0.301. The summed E-state index contributed by atoms with van der Waals surface area (Å²) >= 11 is 0. The Hall–Kier alpha value is -2.24. The molecule has 1 heterocycles. The van der Waals surface area contributed by atoms with Crippen molar-refractivity contribution < 1.29 is 4.79 Å². The maximum Gasteiger partial charge on any atom is 0.319 e. The summed E-state index contributed by atoms with van der Waals surface area (Å²) in [6.07, 6.45) is 10.5. The number of amides is 2. The third-order valence-electron chi connectivity index (χ3n) is 1.48. The number of aliphatic imine (C=N–C) groups is 3. The minimum Gasteiger partial charge on any atom is -0.351 e. The second kappa shape index (κ2) is 6.25. The van der Waals surface area contributed by atoms with Gasteiger partial charge in [-0.25, -0.2) is 4.79 Å². The van der Waals surface area contributed by atoms with Gasteiger partial charge in [-0.05, 0) is 0 Å². The fourth-order valence-corrected chi connectivity index (χ4v) is 0.793. The SMILES string of the molecule is NC(=O)N1C=CN=CC=NC=CN=CC1. The predicted molar refractivity (Wildman–Crippen MR) is 60.0 cm³/mol. The van der Waals surface area contributed by atoms with E-state index in [0.29, 0.717) is 6.54 Å². The number of primary amides is 1. The summed E-state index contributed by atoms with van der Waals surface area (Å²) in [6, 6.07) is -0.553. The average Bonchev–Trinajstić information content (AvgIpc) is 2.18. The average molecular weight is 205 g/mol. The van der Waals surface area contributed by atoms with Crippen molar-refractivity contribution in [3.63, 3.8) is 0 Å². The Kier molecular flexibility index (Phi) is 4.52. The highest BCUT2D eigenvalue weighted by molar-refractivity contribution is 6.16. The molecule has 0 bridgehead atoms. The van der Waals surface area contributed by atoms with E-state index in [1.165, 1.54) is 42.1 Å². The van der Waals surface area contributed by atoms with E-state index in [1.54, 1.807) is 6.21 Å². The van der Waals surface area contributed by atoms with E-state index in [0.717, 1.165) is 0 Å². The Morgan fingerprint density at radius 1 is 1.13 bits per heavy atom. The summed E-state index contributed by atoms with van der Waals surface area (Å²) in [4.78, 5) is 23.8. The van der Waals surface area contributed by atoms with Crippen LogP contribution in [0.3, 0.4) is 0 Å². The van der Waals surface area contributed by atoms with Gasteiger partial charge < -0.3 is 5.73 Å². The van der Waals surface area contributed by atoms with E-state index >= 15 is 0 Å². The van der Waals surface area contributed by atoms with E-state index < -0.39 is 6.03 Å². The maximum atomic E-state index is 10.9. The molecular weight excluding hydrogens is 194 g/mol. The van der Waals surface area contributed by atoms with Gasteiger partial charge in [0.05, 0.1) is 6.54 Å². The Morgan fingerprint density at radius 3 is 2.53 bits per heavy atom. The smallest absolute Gasteiger partial charge is 0.319 e.